The van der Waals surface area contributed by atoms with Crippen molar-refractivity contribution < 1.29 is 4.79 Å². The fourth-order valence-electron chi connectivity index (χ4n) is 2.76. The van der Waals surface area contributed by atoms with Crippen LogP contribution in [0.3, 0.4) is 0 Å². The number of carbonyl (C=O) groups is 1. The van der Waals surface area contributed by atoms with E-state index in [0.29, 0.717) is 0 Å². The number of anilines is 2. The molecule has 2 aromatic rings. The molecule has 0 saturated carbocycles. The molecule has 1 N–H and O–H groups in total. The van der Waals surface area contributed by atoms with Gasteiger partial charge < -0.3 is 10.2 Å². The van der Waals surface area contributed by atoms with Crippen molar-refractivity contribution in [1.29, 1.82) is 0 Å². The zero-order chi connectivity index (χ0) is 15.0. The van der Waals surface area contributed by atoms with Crippen LogP contribution in [0.2, 0.25) is 0 Å². The molecule has 0 fully saturated rings. The quantitative estimate of drug-likeness (QED) is 0.892. The Morgan fingerprint density at radius 2 is 2.05 bits per heavy atom. The average molecular weight is 345 g/mol. The van der Waals surface area contributed by atoms with E-state index in [2.05, 4.69) is 27.3 Å². The van der Waals surface area contributed by atoms with Gasteiger partial charge in [0.25, 0.3) is 5.91 Å². The first kappa shape index (κ1) is 14.1. The number of benzene rings is 2. The number of amides is 1. The molecule has 108 valence electrons. The van der Waals surface area contributed by atoms with Crippen LogP contribution in [0.4, 0.5) is 11.4 Å². The standard InChI is InChI=1S/C17H17BrN2O/c1-11-15(18)4-3-5-16(11)20-9-8-12-10-13(19-2)6-7-14(12)17(20)21/h3-7,10,19H,8-9H2,1-2H3. The minimum absolute atomic E-state index is 0.0834. The van der Waals surface area contributed by atoms with E-state index < -0.39 is 0 Å². The summed E-state index contributed by atoms with van der Waals surface area (Å²) in [6.45, 7) is 2.75. The highest BCUT2D eigenvalue weighted by Crippen LogP contribution is 2.31. The SMILES string of the molecule is CNc1ccc2c(c1)CCN(c1cccc(Br)c1C)C2=O. The minimum atomic E-state index is 0.0834. The molecule has 1 heterocycles. The molecular formula is C17H17BrN2O. The van der Waals surface area contributed by atoms with Crippen molar-refractivity contribution in [1.82, 2.24) is 0 Å². The summed E-state index contributed by atoms with van der Waals surface area (Å²) in [7, 11) is 1.89. The Balaban J connectivity index is 2.01. The molecule has 3 nitrogen and oxygen atoms in total. The van der Waals surface area contributed by atoms with E-state index in [9.17, 15) is 4.79 Å². The number of halogens is 1. The maximum absolute atomic E-state index is 12.8. The van der Waals surface area contributed by atoms with E-state index >= 15 is 0 Å². The lowest BCUT2D eigenvalue weighted by molar-refractivity contribution is 0.0980. The molecule has 1 aliphatic rings. The molecule has 0 radical (unpaired) electrons. The lowest BCUT2D eigenvalue weighted by Gasteiger charge is -2.30. The Kier molecular flexibility index (Phi) is 3.72. The van der Waals surface area contributed by atoms with E-state index in [1.807, 2.05) is 49.2 Å². The molecule has 0 saturated heterocycles. The lowest BCUT2D eigenvalue weighted by Crippen LogP contribution is -2.38. The number of nitrogens with zero attached hydrogens (tertiary/aromatic N) is 1. The molecule has 4 heteroatoms. The van der Waals surface area contributed by atoms with Gasteiger partial charge in [-0.05, 0) is 54.8 Å². The van der Waals surface area contributed by atoms with Crippen molar-refractivity contribution in [2.24, 2.45) is 0 Å². The van der Waals surface area contributed by atoms with Crippen LogP contribution in [0.25, 0.3) is 0 Å². The fourth-order valence-corrected chi connectivity index (χ4v) is 3.12. The van der Waals surface area contributed by atoms with Gasteiger partial charge in [0.15, 0.2) is 0 Å². The maximum atomic E-state index is 12.8. The topological polar surface area (TPSA) is 32.3 Å². The van der Waals surface area contributed by atoms with Crippen LogP contribution in [-0.4, -0.2) is 19.5 Å². The molecule has 3 rings (SSSR count). The Morgan fingerprint density at radius 1 is 1.24 bits per heavy atom. The van der Waals surface area contributed by atoms with Gasteiger partial charge in [-0.25, -0.2) is 0 Å². The molecule has 0 unspecified atom stereocenters. The van der Waals surface area contributed by atoms with E-state index in [1.54, 1.807) is 0 Å². The van der Waals surface area contributed by atoms with Crippen LogP contribution in [0.1, 0.15) is 21.5 Å². The van der Waals surface area contributed by atoms with Crippen molar-refractivity contribution in [3.63, 3.8) is 0 Å². The lowest BCUT2D eigenvalue weighted by atomic mass is 9.97. The Morgan fingerprint density at radius 3 is 2.81 bits per heavy atom. The number of carbonyl (C=O) groups excluding carboxylic acids is 1. The summed E-state index contributed by atoms with van der Waals surface area (Å²) in [5.74, 6) is 0.0834. The molecule has 2 aromatic carbocycles. The highest BCUT2D eigenvalue weighted by molar-refractivity contribution is 9.10. The minimum Gasteiger partial charge on any atom is -0.388 e. The zero-order valence-corrected chi connectivity index (χ0v) is 13.7. The molecule has 0 bridgehead atoms. The summed E-state index contributed by atoms with van der Waals surface area (Å²) >= 11 is 3.54. The molecule has 1 amide bonds. The number of fused-ring (bicyclic) bond motifs is 1. The van der Waals surface area contributed by atoms with Gasteiger partial charge in [0.2, 0.25) is 0 Å². The van der Waals surface area contributed by atoms with Crippen molar-refractivity contribution in [3.8, 4) is 0 Å². The average Bonchev–Trinajstić information content (AvgIpc) is 2.50. The smallest absolute Gasteiger partial charge is 0.258 e. The van der Waals surface area contributed by atoms with Crippen LogP contribution in [-0.2, 0) is 6.42 Å². The Labute approximate surface area is 133 Å². The zero-order valence-electron chi connectivity index (χ0n) is 12.1. The van der Waals surface area contributed by atoms with E-state index in [1.165, 1.54) is 0 Å². The van der Waals surface area contributed by atoms with E-state index in [0.717, 1.165) is 45.5 Å². The van der Waals surface area contributed by atoms with Crippen LogP contribution < -0.4 is 10.2 Å². The Bertz CT molecular complexity index is 712. The second kappa shape index (κ2) is 5.53. The van der Waals surface area contributed by atoms with Crippen molar-refractivity contribution in [3.05, 3.63) is 57.6 Å². The van der Waals surface area contributed by atoms with Gasteiger partial charge in [0, 0.05) is 35.0 Å². The monoisotopic (exact) mass is 344 g/mol. The van der Waals surface area contributed by atoms with Gasteiger partial charge in [0.05, 0.1) is 0 Å². The number of hydrogen-bond acceptors (Lipinski definition) is 2. The third-order valence-corrected chi connectivity index (χ3v) is 4.86. The summed E-state index contributed by atoms with van der Waals surface area (Å²) in [6.07, 6.45) is 0.878. The molecule has 0 aliphatic carbocycles. The van der Waals surface area contributed by atoms with Crippen LogP contribution in [0.15, 0.2) is 40.9 Å². The van der Waals surface area contributed by atoms with Crippen LogP contribution in [0, 0.1) is 6.92 Å². The molecule has 0 atom stereocenters. The van der Waals surface area contributed by atoms with Gasteiger partial charge in [0.1, 0.15) is 0 Å². The summed E-state index contributed by atoms with van der Waals surface area (Å²) in [6, 6.07) is 11.9. The second-order valence-corrected chi connectivity index (χ2v) is 6.07. The predicted octanol–water partition coefficient (Wildman–Crippen LogP) is 4.00. The molecule has 21 heavy (non-hydrogen) atoms. The highest BCUT2D eigenvalue weighted by Gasteiger charge is 2.26. The van der Waals surface area contributed by atoms with Gasteiger partial charge in [-0.15, -0.1) is 0 Å². The second-order valence-electron chi connectivity index (χ2n) is 5.21. The number of hydrogen-bond donors (Lipinski definition) is 1. The number of nitrogens with one attached hydrogen (secondary N) is 1. The van der Waals surface area contributed by atoms with Gasteiger partial charge in [-0.2, -0.15) is 0 Å². The van der Waals surface area contributed by atoms with Crippen molar-refractivity contribution in [2.75, 3.05) is 23.8 Å². The normalized spacial score (nSPS) is 14.0. The first-order valence-electron chi connectivity index (χ1n) is 6.99. The van der Waals surface area contributed by atoms with Gasteiger partial charge >= 0.3 is 0 Å². The summed E-state index contributed by atoms with van der Waals surface area (Å²) in [5, 5.41) is 3.12. The van der Waals surface area contributed by atoms with Gasteiger partial charge in [-0.3, -0.25) is 4.79 Å². The van der Waals surface area contributed by atoms with Crippen molar-refractivity contribution >= 4 is 33.2 Å². The van der Waals surface area contributed by atoms with Crippen LogP contribution >= 0.6 is 15.9 Å². The Hall–Kier alpha value is -1.81. The van der Waals surface area contributed by atoms with Crippen LogP contribution in [0.5, 0.6) is 0 Å². The molecule has 0 spiro atoms. The summed E-state index contributed by atoms with van der Waals surface area (Å²) in [4.78, 5) is 14.6. The van der Waals surface area contributed by atoms with E-state index in [-0.39, 0.29) is 5.91 Å². The third-order valence-electron chi connectivity index (χ3n) is 4.00. The van der Waals surface area contributed by atoms with Crippen molar-refractivity contribution in [2.45, 2.75) is 13.3 Å². The maximum Gasteiger partial charge on any atom is 0.258 e. The highest BCUT2D eigenvalue weighted by atomic mass is 79.9. The largest absolute Gasteiger partial charge is 0.388 e. The molecular weight excluding hydrogens is 328 g/mol. The summed E-state index contributed by atoms with van der Waals surface area (Å²) < 4.78 is 1.03. The molecule has 1 aliphatic heterocycles. The fraction of sp³-hybridized carbons (Fsp3) is 0.235. The summed E-state index contributed by atoms with van der Waals surface area (Å²) in [5.41, 5.74) is 5.06. The predicted molar refractivity (Wildman–Crippen MR) is 90.2 cm³/mol. The van der Waals surface area contributed by atoms with Gasteiger partial charge in [-0.1, -0.05) is 22.0 Å². The van der Waals surface area contributed by atoms with E-state index in [4.69, 9.17) is 0 Å². The first-order valence-corrected chi connectivity index (χ1v) is 7.79. The molecule has 0 aromatic heterocycles. The first-order chi connectivity index (χ1) is 10.1. The number of rotatable bonds is 2. The third kappa shape index (κ3) is 2.44.